The lowest BCUT2D eigenvalue weighted by Crippen LogP contribution is -2.37. The number of unbranched alkanes of at least 4 members (excludes halogenated alkanes) is 1. The normalized spacial score (nSPS) is 14.8. The summed E-state index contributed by atoms with van der Waals surface area (Å²) in [5.41, 5.74) is 0. The third-order valence-corrected chi connectivity index (χ3v) is 2.35. The van der Waals surface area contributed by atoms with Gasteiger partial charge in [-0.25, -0.2) is 8.78 Å². The Balaban J connectivity index is 3.28. The monoisotopic (exact) mass is 285 g/mol. The zero-order chi connectivity index (χ0) is 14.5. The maximum atomic E-state index is 11.9. The first-order chi connectivity index (χ1) is 9.07. The molecule has 0 fully saturated rings. The Morgan fingerprint density at radius 2 is 1.74 bits per heavy atom. The van der Waals surface area contributed by atoms with Crippen LogP contribution in [-0.2, 0) is 9.47 Å². The van der Waals surface area contributed by atoms with Gasteiger partial charge in [-0.15, -0.1) is 0 Å². The van der Waals surface area contributed by atoms with Crippen molar-refractivity contribution in [2.75, 3.05) is 39.5 Å². The lowest BCUT2D eigenvalue weighted by atomic mass is 10.3. The van der Waals surface area contributed by atoms with Crippen LogP contribution in [0.2, 0.25) is 0 Å². The first-order valence-corrected chi connectivity index (χ1v) is 6.58. The van der Waals surface area contributed by atoms with E-state index in [1.54, 1.807) is 0 Å². The molecule has 0 aliphatic carbocycles. The van der Waals surface area contributed by atoms with Crippen LogP contribution < -0.4 is 5.32 Å². The molecule has 0 amide bonds. The zero-order valence-electron chi connectivity index (χ0n) is 11.4. The number of hydrogen-bond acceptors (Lipinski definition) is 5. The van der Waals surface area contributed by atoms with Crippen LogP contribution in [-0.4, -0.2) is 68.4 Å². The Hall–Kier alpha value is -0.340. The Kier molecular flexibility index (Phi) is 12.5. The van der Waals surface area contributed by atoms with Gasteiger partial charge in [0.05, 0.1) is 25.9 Å². The second kappa shape index (κ2) is 12.7. The van der Waals surface area contributed by atoms with Gasteiger partial charge < -0.3 is 25.0 Å². The number of halogens is 2. The van der Waals surface area contributed by atoms with Crippen molar-refractivity contribution in [2.45, 2.75) is 38.4 Å². The Morgan fingerprint density at radius 3 is 2.37 bits per heavy atom. The molecule has 2 unspecified atom stereocenters. The molecule has 7 heteroatoms. The van der Waals surface area contributed by atoms with Gasteiger partial charge in [0.15, 0.2) is 0 Å². The van der Waals surface area contributed by atoms with Crippen LogP contribution in [0.3, 0.4) is 0 Å². The fourth-order valence-corrected chi connectivity index (χ4v) is 1.23. The van der Waals surface area contributed by atoms with Gasteiger partial charge >= 0.3 is 0 Å². The lowest BCUT2D eigenvalue weighted by Gasteiger charge is -2.14. The number of aliphatic hydroxyl groups excluding tert-OH is 2. The predicted molar refractivity (Wildman–Crippen MR) is 67.4 cm³/mol. The van der Waals surface area contributed by atoms with Crippen molar-refractivity contribution in [2.24, 2.45) is 0 Å². The van der Waals surface area contributed by atoms with E-state index in [1.807, 2.05) is 0 Å². The quantitative estimate of drug-likeness (QED) is 0.427. The van der Waals surface area contributed by atoms with E-state index in [0.717, 1.165) is 12.8 Å². The molecule has 116 valence electrons. The van der Waals surface area contributed by atoms with E-state index in [4.69, 9.17) is 14.6 Å². The second-order valence-corrected chi connectivity index (χ2v) is 4.25. The fraction of sp³-hybridized carbons (Fsp3) is 1.00. The average molecular weight is 285 g/mol. The third kappa shape index (κ3) is 12.4. The number of alkyl halides is 2. The van der Waals surface area contributed by atoms with Gasteiger partial charge in [0.1, 0.15) is 6.10 Å². The van der Waals surface area contributed by atoms with Crippen molar-refractivity contribution >= 4 is 0 Å². The SMILES string of the molecule is CCCCOCCOCC(O)CNCC(O)C(F)F. The van der Waals surface area contributed by atoms with Gasteiger partial charge in [0, 0.05) is 19.7 Å². The second-order valence-electron chi connectivity index (χ2n) is 4.25. The molecule has 0 bridgehead atoms. The van der Waals surface area contributed by atoms with Crippen LogP contribution in [0.4, 0.5) is 8.78 Å². The minimum Gasteiger partial charge on any atom is -0.389 e. The molecule has 0 aromatic carbocycles. The molecule has 0 aromatic rings. The number of rotatable bonds is 13. The van der Waals surface area contributed by atoms with E-state index in [9.17, 15) is 13.9 Å². The van der Waals surface area contributed by atoms with E-state index in [-0.39, 0.29) is 19.7 Å². The molecule has 19 heavy (non-hydrogen) atoms. The Labute approximate surface area is 112 Å². The minimum absolute atomic E-state index is 0.0977. The average Bonchev–Trinajstić information content (AvgIpc) is 2.37. The highest BCUT2D eigenvalue weighted by Gasteiger charge is 2.16. The first kappa shape index (κ1) is 18.7. The summed E-state index contributed by atoms with van der Waals surface area (Å²) >= 11 is 0. The smallest absolute Gasteiger partial charge is 0.265 e. The number of ether oxygens (including phenoxy) is 2. The Bertz CT molecular complexity index is 199. The van der Waals surface area contributed by atoms with Crippen molar-refractivity contribution in [3.05, 3.63) is 0 Å². The van der Waals surface area contributed by atoms with Gasteiger partial charge in [0.25, 0.3) is 6.43 Å². The van der Waals surface area contributed by atoms with Crippen LogP contribution in [0.15, 0.2) is 0 Å². The largest absolute Gasteiger partial charge is 0.389 e. The molecule has 3 N–H and O–H groups in total. The topological polar surface area (TPSA) is 71.0 Å². The summed E-state index contributed by atoms with van der Waals surface area (Å²) in [7, 11) is 0. The van der Waals surface area contributed by atoms with Gasteiger partial charge in [-0.3, -0.25) is 0 Å². The third-order valence-electron chi connectivity index (χ3n) is 2.35. The van der Waals surface area contributed by atoms with Crippen LogP contribution in [0, 0.1) is 0 Å². The van der Waals surface area contributed by atoms with Crippen LogP contribution in [0.5, 0.6) is 0 Å². The molecule has 0 spiro atoms. The maximum absolute atomic E-state index is 11.9. The van der Waals surface area contributed by atoms with Crippen molar-refractivity contribution in [3.8, 4) is 0 Å². The first-order valence-electron chi connectivity index (χ1n) is 6.58. The highest BCUT2D eigenvalue weighted by atomic mass is 19.3. The maximum Gasteiger partial charge on any atom is 0.265 e. The highest BCUT2D eigenvalue weighted by Crippen LogP contribution is 1.98. The number of nitrogens with one attached hydrogen (secondary N) is 1. The molecular formula is C12H25F2NO4. The standard InChI is InChI=1S/C12H25F2NO4/c1-2-3-4-18-5-6-19-9-10(16)7-15-8-11(17)12(13)14/h10-12,15-17H,2-9H2,1H3. The van der Waals surface area contributed by atoms with Gasteiger partial charge in [-0.1, -0.05) is 13.3 Å². The van der Waals surface area contributed by atoms with Crippen molar-refractivity contribution in [1.82, 2.24) is 5.32 Å². The summed E-state index contributed by atoms with van der Waals surface area (Å²) in [6.45, 7) is 3.60. The predicted octanol–water partition coefficient (Wildman–Crippen LogP) is 0.396. The molecule has 0 saturated heterocycles. The lowest BCUT2D eigenvalue weighted by molar-refractivity contribution is -0.0114. The minimum atomic E-state index is -2.78. The van der Waals surface area contributed by atoms with Gasteiger partial charge in [-0.05, 0) is 6.42 Å². The Morgan fingerprint density at radius 1 is 1.05 bits per heavy atom. The van der Waals surface area contributed by atoms with E-state index in [0.29, 0.717) is 19.8 Å². The van der Waals surface area contributed by atoms with E-state index in [2.05, 4.69) is 12.2 Å². The van der Waals surface area contributed by atoms with E-state index >= 15 is 0 Å². The van der Waals surface area contributed by atoms with E-state index < -0.39 is 18.6 Å². The molecule has 0 aliphatic heterocycles. The molecule has 0 aromatic heterocycles. The van der Waals surface area contributed by atoms with Crippen LogP contribution in [0.25, 0.3) is 0 Å². The molecule has 0 rings (SSSR count). The van der Waals surface area contributed by atoms with Gasteiger partial charge in [-0.2, -0.15) is 0 Å². The number of hydrogen-bond donors (Lipinski definition) is 3. The molecule has 0 radical (unpaired) electrons. The highest BCUT2D eigenvalue weighted by molar-refractivity contribution is 4.64. The summed E-state index contributed by atoms with van der Waals surface area (Å²) in [6.07, 6.45) is -3.18. The molecule has 0 saturated carbocycles. The summed E-state index contributed by atoms with van der Waals surface area (Å²) in [4.78, 5) is 0. The van der Waals surface area contributed by atoms with Crippen LogP contribution in [0.1, 0.15) is 19.8 Å². The van der Waals surface area contributed by atoms with Crippen LogP contribution >= 0.6 is 0 Å². The van der Waals surface area contributed by atoms with Gasteiger partial charge in [0.2, 0.25) is 0 Å². The molecule has 0 heterocycles. The molecule has 5 nitrogen and oxygen atoms in total. The summed E-state index contributed by atoms with van der Waals surface area (Å²) in [6, 6.07) is 0. The fourth-order valence-electron chi connectivity index (χ4n) is 1.23. The molecule has 2 atom stereocenters. The zero-order valence-corrected chi connectivity index (χ0v) is 11.4. The summed E-state index contributed by atoms with van der Waals surface area (Å²) in [5, 5.41) is 20.8. The van der Waals surface area contributed by atoms with Crippen molar-refractivity contribution < 1.29 is 28.5 Å². The van der Waals surface area contributed by atoms with Crippen molar-refractivity contribution in [3.63, 3.8) is 0 Å². The van der Waals surface area contributed by atoms with E-state index in [1.165, 1.54) is 0 Å². The summed E-state index contributed by atoms with van der Waals surface area (Å²) < 4.78 is 34.3. The molecular weight excluding hydrogens is 260 g/mol. The van der Waals surface area contributed by atoms with Crippen molar-refractivity contribution in [1.29, 1.82) is 0 Å². The summed E-state index contributed by atoms with van der Waals surface area (Å²) in [5.74, 6) is 0. The molecule has 0 aliphatic rings. The number of aliphatic hydroxyl groups is 2.